The Balaban J connectivity index is 2.84. The number of nitrogens with one attached hydrogen (secondary N) is 1. The van der Waals surface area contributed by atoms with Crippen LogP contribution in [0, 0.1) is 0 Å². The Kier molecular flexibility index (Phi) is 3.68. The van der Waals surface area contributed by atoms with Gasteiger partial charge in [-0.2, -0.15) is 0 Å². The molecule has 1 N–H and O–H groups in total. The van der Waals surface area contributed by atoms with Crippen LogP contribution in [-0.2, 0) is 4.79 Å². The number of aliphatic imine (C=N–C) groups is 1. The molecule has 0 aromatic carbocycles. The van der Waals surface area contributed by atoms with Crippen LogP contribution in [0.4, 0.5) is 0 Å². The van der Waals surface area contributed by atoms with Gasteiger partial charge in [0, 0.05) is 12.7 Å². The summed E-state index contributed by atoms with van der Waals surface area (Å²) in [7, 11) is 1.91. The van der Waals surface area contributed by atoms with Gasteiger partial charge in [0.15, 0.2) is 6.29 Å². The van der Waals surface area contributed by atoms with Gasteiger partial charge >= 0.3 is 0 Å². The summed E-state index contributed by atoms with van der Waals surface area (Å²) in [5, 5.41) is 3.14. The number of nitrogens with zero attached hydrogens (tertiary/aromatic N) is 1. The molecule has 0 aromatic rings. The Morgan fingerprint density at radius 2 is 2.15 bits per heavy atom. The third kappa shape index (κ3) is 2.68. The van der Waals surface area contributed by atoms with Crippen molar-refractivity contribution in [1.82, 2.24) is 5.32 Å². The molecule has 0 atom stereocenters. The molecule has 0 amide bonds. The number of hydrogen-bond acceptors (Lipinski definition) is 3. The van der Waals surface area contributed by atoms with Gasteiger partial charge in [0.2, 0.25) is 0 Å². The van der Waals surface area contributed by atoms with E-state index in [0.717, 1.165) is 24.8 Å². The molecule has 72 valence electrons. The maximum atomic E-state index is 10.4. The second-order valence-electron chi connectivity index (χ2n) is 3.25. The van der Waals surface area contributed by atoms with Crippen molar-refractivity contribution in [3.8, 4) is 0 Å². The van der Waals surface area contributed by atoms with E-state index >= 15 is 0 Å². The lowest BCUT2D eigenvalue weighted by Crippen LogP contribution is -2.12. The van der Waals surface area contributed by atoms with Crippen LogP contribution in [-0.4, -0.2) is 19.0 Å². The Morgan fingerprint density at radius 3 is 2.77 bits per heavy atom. The smallest absolute Gasteiger partial charge is 0.163 e. The maximum absolute atomic E-state index is 10.4. The molecule has 0 spiro atoms. The highest BCUT2D eigenvalue weighted by molar-refractivity contribution is 6.27. The molecular weight excluding hydrogens is 164 g/mol. The molecule has 3 heteroatoms. The fourth-order valence-corrected chi connectivity index (χ4v) is 1.52. The molecule has 0 aromatic heterocycles. The number of carbonyl (C=O) groups excluding carboxylic acids is 1. The van der Waals surface area contributed by atoms with Crippen LogP contribution in [0.5, 0.6) is 0 Å². The third-order valence-electron chi connectivity index (χ3n) is 2.22. The van der Waals surface area contributed by atoms with Crippen LogP contribution in [0.25, 0.3) is 0 Å². The summed E-state index contributed by atoms with van der Waals surface area (Å²) in [6, 6.07) is 0. The summed E-state index contributed by atoms with van der Waals surface area (Å²) in [6.45, 7) is 1.74. The first kappa shape index (κ1) is 9.96. The van der Waals surface area contributed by atoms with Gasteiger partial charge in [0.05, 0.1) is 11.4 Å². The van der Waals surface area contributed by atoms with Crippen LogP contribution in [0.15, 0.2) is 16.4 Å². The van der Waals surface area contributed by atoms with Gasteiger partial charge in [-0.15, -0.1) is 0 Å². The first-order valence-electron chi connectivity index (χ1n) is 4.68. The molecule has 0 saturated carbocycles. The first-order valence-corrected chi connectivity index (χ1v) is 4.68. The van der Waals surface area contributed by atoms with Crippen LogP contribution >= 0.6 is 0 Å². The van der Waals surface area contributed by atoms with Crippen LogP contribution in [0.3, 0.4) is 0 Å². The van der Waals surface area contributed by atoms with E-state index in [0.29, 0.717) is 5.71 Å². The molecule has 0 unspecified atom stereocenters. The molecule has 0 saturated heterocycles. The van der Waals surface area contributed by atoms with Gasteiger partial charge in [-0.3, -0.25) is 9.79 Å². The minimum absolute atomic E-state index is 0.560. The molecule has 0 radical (unpaired) electrons. The minimum Gasteiger partial charge on any atom is -0.390 e. The number of hydrogen-bond donors (Lipinski definition) is 1. The Hall–Kier alpha value is -1.12. The van der Waals surface area contributed by atoms with E-state index in [9.17, 15) is 4.79 Å². The second kappa shape index (κ2) is 4.80. The van der Waals surface area contributed by atoms with Crippen molar-refractivity contribution in [1.29, 1.82) is 0 Å². The monoisotopic (exact) mass is 180 g/mol. The molecule has 0 fully saturated rings. The van der Waals surface area contributed by atoms with E-state index in [1.54, 1.807) is 6.92 Å². The lowest BCUT2D eigenvalue weighted by atomic mass is 10.0. The number of rotatable bonds is 3. The Morgan fingerprint density at radius 1 is 1.46 bits per heavy atom. The molecule has 13 heavy (non-hydrogen) atoms. The highest BCUT2D eigenvalue weighted by Crippen LogP contribution is 2.23. The van der Waals surface area contributed by atoms with Gasteiger partial charge in [-0.1, -0.05) is 0 Å². The van der Waals surface area contributed by atoms with Crippen molar-refractivity contribution in [2.24, 2.45) is 4.99 Å². The van der Waals surface area contributed by atoms with E-state index in [4.69, 9.17) is 0 Å². The molecular formula is C10H16N2O. The molecule has 0 heterocycles. The number of aldehydes is 1. The fraction of sp³-hybridized carbons (Fsp3) is 0.600. The predicted octanol–water partition coefficient (Wildman–Crippen LogP) is 1.65. The summed E-state index contributed by atoms with van der Waals surface area (Å²) in [5.74, 6) is 0. The van der Waals surface area contributed by atoms with Gasteiger partial charge in [-0.05, 0) is 32.6 Å². The minimum atomic E-state index is 0.560. The molecule has 1 aliphatic carbocycles. The quantitative estimate of drug-likeness (QED) is 0.530. The van der Waals surface area contributed by atoms with Crippen molar-refractivity contribution in [2.45, 2.75) is 32.6 Å². The average Bonchev–Trinajstić information content (AvgIpc) is 2.18. The zero-order chi connectivity index (χ0) is 9.68. The van der Waals surface area contributed by atoms with E-state index in [1.807, 2.05) is 7.05 Å². The van der Waals surface area contributed by atoms with Gasteiger partial charge in [0.25, 0.3) is 0 Å². The lowest BCUT2D eigenvalue weighted by Gasteiger charge is -2.16. The summed E-state index contributed by atoms with van der Waals surface area (Å²) in [4.78, 5) is 14.7. The second-order valence-corrected chi connectivity index (χ2v) is 3.25. The van der Waals surface area contributed by atoms with Crippen LogP contribution < -0.4 is 5.32 Å². The highest BCUT2D eigenvalue weighted by atomic mass is 16.1. The van der Waals surface area contributed by atoms with Gasteiger partial charge in [-0.25, -0.2) is 0 Å². The van der Waals surface area contributed by atoms with E-state index < -0.39 is 0 Å². The molecule has 3 nitrogen and oxygen atoms in total. The number of allylic oxidation sites excluding steroid dienone is 2. The summed E-state index contributed by atoms with van der Waals surface area (Å²) in [5.41, 5.74) is 2.80. The Bertz CT molecular complexity index is 254. The first-order chi connectivity index (χ1) is 6.27. The molecule has 0 bridgehead atoms. The largest absolute Gasteiger partial charge is 0.390 e. The van der Waals surface area contributed by atoms with Crippen molar-refractivity contribution in [3.05, 3.63) is 11.4 Å². The summed E-state index contributed by atoms with van der Waals surface area (Å²) < 4.78 is 0. The zero-order valence-electron chi connectivity index (χ0n) is 8.26. The van der Waals surface area contributed by atoms with Gasteiger partial charge in [0.1, 0.15) is 0 Å². The van der Waals surface area contributed by atoms with Crippen molar-refractivity contribution >= 4 is 12.0 Å². The summed E-state index contributed by atoms with van der Waals surface area (Å²) >= 11 is 0. The molecule has 1 aliphatic rings. The van der Waals surface area contributed by atoms with E-state index in [1.165, 1.54) is 18.5 Å². The zero-order valence-corrected chi connectivity index (χ0v) is 8.26. The van der Waals surface area contributed by atoms with Crippen LogP contribution in [0.1, 0.15) is 32.6 Å². The molecule has 1 rings (SSSR count). The van der Waals surface area contributed by atoms with E-state index in [-0.39, 0.29) is 0 Å². The number of carbonyl (C=O) groups is 1. The molecule has 0 aliphatic heterocycles. The predicted molar refractivity (Wildman–Crippen MR) is 53.7 cm³/mol. The summed E-state index contributed by atoms with van der Waals surface area (Å²) in [6.07, 6.45) is 5.24. The topological polar surface area (TPSA) is 41.5 Å². The maximum Gasteiger partial charge on any atom is 0.163 e. The fourth-order valence-electron chi connectivity index (χ4n) is 1.52. The Labute approximate surface area is 78.9 Å². The van der Waals surface area contributed by atoms with Crippen molar-refractivity contribution < 1.29 is 4.79 Å². The lowest BCUT2D eigenvalue weighted by molar-refractivity contribution is -0.102. The van der Waals surface area contributed by atoms with Crippen molar-refractivity contribution in [2.75, 3.05) is 7.05 Å². The average molecular weight is 180 g/mol. The normalized spacial score (nSPS) is 18.8. The standard InChI is InChI=1S/C10H16N2O/c1-8(7-13)12-10-6-4-3-5-9(10)11-2/h7,11H,3-6H2,1-2H3. The van der Waals surface area contributed by atoms with Gasteiger partial charge < -0.3 is 5.32 Å². The highest BCUT2D eigenvalue weighted by Gasteiger charge is 2.10. The third-order valence-corrected chi connectivity index (χ3v) is 2.22. The van der Waals surface area contributed by atoms with E-state index in [2.05, 4.69) is 10.3 Å². The SMILES string of the molecule is CNC1=C(N=C(C)C=O)CCCC1. The van der Waals surface area contributed by atoms with Crippen molar-refractivity contribution in [3.63, 3.8) is 0 Å². The van der Waals surface area contributed by atoms with Crippen LogP contribution in [0.2, 0.25) is 0 Å².